The molecule has 1 aromatic heterocycles. The number of hydrogen-bond acceptors (Lipinski definition) is 9. The maximum atomic E-state index is 15.2. The minimum atomic E-state index is -3.61. The molecule has 214 valence electrons. The molecule has 0 radical (unpaired) electrons. The van der Waals surface area contributed by atoms with Crippen molar-refractivity contribution < 1.29 is 35.6 Å². The average Bonchev–Trinajstić information content (AvgIpc) is 3.56. The van der Waals surface area contributed by atoms with Crippen LogP contribution in [0.2, 0.25) is 0 Å². The van der Waals surface area contributed by atoms with Crippen molar-refractivity contribution in [3.05, 3.63) is 22.2 Å². The second-order valence-corrected chi connectivity index (χ2v) is 14.1. The molecular weight excluding hydrogens is 602 g/mol. The third-order valence-corrected chi connectivity index (χ3v) is 8.49. The standard InChI is InChI=1S/C25H31BrF2N4O6S/c1-24(2,3)38-23(33)32-14-5-6-15(32)11-31(10-14)21-16-9-17(27)18(26)19(28)20(16)29-22(30-21)36-12-25(7-8-25)13-37-39(4,34)35/h9,14-15H,5-8,10-13H2,1-4H3. The predicted molar refractivity (Wildman–Crippen MR) is 142 cm³/mol. The van der Waals surface area contributed by atoms with Crippen molar-refractivity contribution in [1.82, 2.24) is 14.9 Å². The van der Waals surface area contributed by atoms with E-state index in [9.17, 15) is 17.6 Å². The number of rotatable bonds is 7. The smallest absolute Gasteiger partial charge is 0.410 e. The molecule has 3 heterocycles. The van der Waals surface area contributed by atoms with Gasteiger partial charge in [-0.2, -0.15) is 18.4 Å². The number of fused-ring (bicyclic) bond motifs is 3. The van der Waals surface area contributed by atoms with Crippen LogP contribution in [0.4, 0.5) is 19.4 Å². The molecule has 2 unspecified atom stereocenters. The van der Waals surface area contributed by atoms with Gasteiger partial charge in [0.25, 0.3) is 10.1 Å². The first-order valence-electron chi connectivity index (χ1n) is 12.7. The number of piperazine rings is 1. The summed E-state index contributed by atoms with van der Waals surface area (Å²) in [5.74, 6) is -1.36. The van der Waals surface area contributed by atoms with Crippen LogP contribution in [-0.4, -0.2) is 79.6 Å². The van der Waals surface area contributed by atoms with E-state index in [2.05, 4.69) is 25.9 Å². The number of nitrogens with zero attached hydrogens (tertiary/aromatic N) is 4. The predicted octanol–water partition coefficient (Wildman–Crippen LogP) is 4.39. The largest absolute Gasteiger partial charge is 0.463 e. The second-order valence-electron chi connectivity index (χ2n) is 11.6. The van der Waals surface area contributed by atoms with E-state index in [1.54, 1.807) is 4.90 Å². The molecular formula is C25H31BrF2N4O6S. The third kappa shape index (κ3) is 6.07. The van der Waals surface area contributed by atoms with Gasteiger partial charge >= 0.3 is 12.1 Å². The van der Waals surface area contributed by atoms with Crippen LogP contribution in [0.1, 0.15) is 46.5 Å². The minimum absolute atomic E-state index is 0.0343. The summed E-state index contributed by atoms with van der Waals surface area (Å²) < 4.78 is 68.8. The summed E-state index contributed by atoms with van der Waals surface area (Å²) in [6, 6.07) is 0.774. The zero-order chi connectivity index (χ0) is 28.3. The lowest BCUT2D eigenvalue weighted by molar-refractivity contribution is 0.0122. The fraction of sp³-hybridized carbons (Fsp3) is 0.640. The maximum absolute atomic E-state index is 15.2. The van der Waals surface area contributed by atoms with Crippen molar-refractivity contribution in [2.75, 3.05) is 37.5 Å². The highest BCUT2D eigenvalue weighted by Crippen LogP contribution is 2.46. The van der Waals surface area contributed by atoms with Crippen LogP contribution < -0.4 is 9.64 Å². The molecule has 5 rings (SSSR count). The fourth-order valence-electron chi connectivity index (χ4n) is 5.09. The highest BCUT2D eigenvalue weighted by molar-refractivity contribution is 9.10. The average molecular weight is 634 g/mol. The second kappa shape index (κ2) is 9.95. The monoisotopic (exact) mass is 632 g/mol. The number of carbonyl (C=O) groups excluding carboxylic acids is 1. The maximum Gasteiger partial charge on any atom is 0.410 e. The first-order chi connectivity index (χ1) is 18.1. The van der Waals surface area contributed by atoms with Gasteiger partial charge in [0.15, 0.2) is 5.82 Å². The molecule has 0 spiro atoms. The number of hydrogen-bond donors (Lipinski definition) is 0. The highest BCUT2D eigenvalue weighted by atomic mass is 79.9. The number of ether oxygens (including phenoxy) is 2. The van der Waals surface area contributed by atoms with Crippen molar-refractivity contribution in [2.24, 2.45) is 5.41 Å². The van der Waals surface area contributed by atoms with Crippen molar-refractivity contribution in [3.8, 4) is 6.01 Å². The summed E-state index contributed by atoms with van der Waals surface area (Å²) in [4.78, 5) is 25.4. The summed E-state index contributed by atoms with van der Waals surface area (Å²) in [6.45, 7) is 6.29. The van der Waals surface area contributed by atoms with Gasteiger partial charge in [-0.1, -0.05) is 0 Å². The lowest BCUT2D eigenvalue weighted by Gasteiger charge is -2.42. The normalized spacial score (nSPS) is 22.3. The lowest BCUT2D eigenvalue weighted by atomic mass is 10.1. The van der Waals surface area contributed by atoms with Crippen LogP contribution in [0.25, 0.3) is 10.9 Å². The Hall–Kier alpha value is -2.32. The van der Waals surface area contributed by atoms with Gasteiger partial charge in [0.05, 0.1) is 36.0 Å². The Morgan fingerprint density at radius 2 is 1.79 bits per heavy atom. The van der Waals surface area contributed by atoms with Gasteiger partial charge in [0.1, 0.15) is 22.8 Å². The number of aromatic nitrogens is 2. The number of anilines is 1. The van der Waals surface area contributed by atoms with Crippen molar-refractivity contribution in [1.29, 1.82) is 0 Å². The Morgan fingerprint density at radius 1 is 1.15 bits per heavy atom. The Morgan fingerprint density at radius 3 is 2.36 bits per heavy atom. The van der Waals surface area contributed by atoms with E-state index in [1.165, 1.54) is 6.07 Å². The molecule has 2 atom stereocenters. The van der Waals surface area contributed by atoms with Gasteiger partial charge in [-0.3, -0.25) is 9.08 Å². The van der Waals surface area contributed by atoms with E-state index in [0.717, 1.165) is 19.1 Å². The SMILES string of the molecule is CC(C)(C)OC(=O)N1C2CCC1CN(c1nc(OCC3(COS(C)(=O)=O)CC3)nc3c(F)c(Br)c(F)cc13)C2. The Kier molecular flexibility index (Phi) is 7.20. The Balaban J connectivity index is 1.43. The zero-order valence-corrected chi connectivity index (χ0v) is 24.6. The molecule has 1 aliphatic carbocycles. The minimum Gasteiger partial charge on any atom is -0.463 e. The van der Waals surface area contributed by atoms with E-state index < -0.39 is 32.8 Å². The van der Waals surface area contributed by atoms with Crippen LogP contribution in [0.3, 0.4) is 0 Å². The van der Waals surface area contributed by atoms with Gasteiger partial charge < -0.3 is 14.4 Å². The molecule has 39 heavy (non-hydrogen) atoms. The molecule has 2 bridgehead atoms. The van der Waals surface area contributed by atoms with Crippen LogP contribution in [0, 0.1) is 17.0 Å². The summed E-state index contributed by atoms with van der Waals surface area (Å²) in [6.07, 6.45) is 3.54. The van der Waals surface area contributed by atoms with E-state index in [1.807, 2.05) is 25.7 Å². The molecule has 1 saturated carbocycles. The number of amides is 1. The molecule has 1 aromatic carbocycles. The van der Waals surface area contributed by atoms with Crippen molar-refractivity contribution in [3.63, 3.8) is 0 Å². The van der Waals surface area contributed by atoms with Crippen LogP contribution in [-0.2, 0) is 19.0 Å². The molecule has 1 amide bonds. The van der Waals surface area contributed by atoms with Crippen LogP contribution in [0.15, 0.2) is 10.5 Å². The number of carbonyl (C=O) groups is 1. The van der Waals surface area contributed by atoms with Gasteiger partial charge in [-0.25, -0.2) is 13.6 Å². The molecule has 2 saturated heterocycles. The van der Waals surface area contributed by atoms with E-state index in [0.29, 0.717) is 31.7 Å². The van der Waals surface area contributed by atoms with E-state index in [4.69, 9.17) is 13.7 Å². The van der Waals surface area contributed by atoms with Gasteiger partial charge in [0.2, 0.25) is 0 Å². The molecule has 10 nitrogen and oxygen atoms in total. The molecule has 2 aliphatic heterocycles. The van der Waals surface area contributed by atoms with Crippen LogP contribution >= 0.6 is 15.9 Å². The van der Waals surface area contributed by atoms with Gasteiger partial charge in [-0.15, -0.1) is 0 Å². The molecule has 14 heteroatoms. The van der Waals surface area contributed by atoms with Crippen molar-refractivity contribution >= 4 is 48.9 Å². The van der Waals surface area contributed by atoms with E-state index in [-0.39, 0.29) is 52.8 Å². The van der Waals surface area contributed by atoms with Gasteiger partial charge in [0, 0.05) is 23.9 Å². The Bertz CT molecular complexity index is 1400. The van der Waals surface area contributed by atoms with Gasteiger partial charge in [-0.05, 0) is 68.5 Å². The molecule has 2 aromatic rings. The first-order valence-corrected chi connectivity index (χ1v) is 15.3. The summed E-state index contributed by atoms with van der Waals surface area (Å²) in [5.41, 5.74) is -1.24. The summed E-state index contributed by atoms with van der Waals surface area (Å²) >= 11 is 2.95. The number of halogens is 3. The quantitative estimate of drug-likeness (QED) is 0.324. The zero-order valence-electron chi connectivity index (χ0n) is 22.2. The lowest BCUT2D eigenvalue weighted by Crippen LogP contribution is -2.57. The van der Waals surface area contributed by atoms with Crippen molar-refractivity contribution in [2.45, 2.75) is 64.1 Å². The fourth-order valence-corrected chi connectivity index (χ4v) is 5.85. The van der Waals surface area contributed by atoms with Crippen LogP contribution in [0.5, 0.6) is 6.01 Å². The summed E-state index contributed by atoms with van der Waals surface area (Å²) in [5, 5.41) is 0.187. The third-order valence-electron chi connectivity index (χ3n) is 7.22. The molecule has 3 aliphatic rings. The highest BCUT2D eigenvalue weighted by Gasteiger charge is 2.46. The topological polar surface area (TPSA) is 111 Å². The Labute approximate surface area is 234 Å². The summed E-state index contributed by atoms with van der Waals surface area (Å²) in [7, 11) is -3.61. The van der Waals surface area contributed by atoms with E-state index >= 15 is 4.39 Å². The molecule has 0 N–H and O–H groups in total. The number of benzene rings is 1. The first kappa shape index (κ1) is 28.2. The molecule has 3 fully saturated rings.